The molecule has 0 aromatic heterocycles. The largest absolute Gasteiger partial charge is 0.487 e. The third kappa shape index (κ3) is 2.99. The highest BCUT2D eigenvalue weighted by molar-refractivity contribution is 5.47. The summed E-state index contributed by atoms with van der Waals surface area (Å²) in [7, 11) is 0. The highest BCUT2D eigenvalue weighted by Crippen LogP contribution is 2.35. The van der Waals surface area contributed by atoms with E-state index in [1.165, 1.54) is 17.7 Å². The van der Waals surface area contributed by atoms with E-state index in [9.17, 15) is 8.78 Å². The Morgan fingerprint density at radius 2 is 1.95 bits per heavy atom. The molecule has 2 aromatic rings. The third-order valence-electron chi connectivity index (χ3n) is 3.54. The quantitative estimate of drug-likeness (QED) is 0.910. The molecule has 0 atom stereocenters. The monoisotopic (exact) mass is 289 g/mol. The van der Waals surface area contributed by atoms with Crippen LogP contribution in [0.2, 0.25) is 0 Å². The lowest BCUT2D eigenvalue weighted by Gasteiger charge is -2.16. The number of hydrogen-bond donors (Lipinski definition) is 1. The number of nitrogens with one attached hydrogen (secondary N) is 1. The number of hydrogen-bond acceptors (Lipinski definition) is 2. The molecule has 0 aliphatic carbocycles. The fourth-order valence-electron chi connectivity index (χ4n) is 2.60. The lowest BCUT2D eigenvalue weighted by atomic mass is 10.0. The lowest BCUT2D eigenvalue weighted by molar-refractivity contribution is 0.138. The van der Waals surface area contributed by atoms with Crippen molar-refractivity contribution in [2.75, 3.05) is 5.32 Å². The van der Waals surface area contributed by atoms with Crippen LogP contribution in [0.5, 0.6) is 5.75 Å². The maximum Gasteiger partial charge on any atom is 0.149 e. The van der Waals surface area contributed by atoms with Crippen molar-refractivity contribution in [1.29, 1.82) is 0 Å². The first-order chi connectivity index (χ1) is 9.93. The Balaban J connectivity index is 1.72. The highest BCUT2D eigenvalue weighted by atomic mass is 19.1. The maximum atomic E-state index is 13.6. The average molecular weight is 289 g/mol. The molecule has 1 aliphatic heterocycles. The van der Waals surface area contributed by atoms with Crippen LogP contribution in [0.3, 0.4) is 0 Å². The highest BCUT2D eigenvalue weighted by Gasteiger charge is 2.29. The second kappa shape index (κ2) is 5.02. The van der Waals surface area contributed by atoms with Crippen LogP contribution in [0.15, 0.2) is 36.4 Å². The second-order valence-corrected chi connectivity index (χ2v) is 5.96. The molecule has 1 N–H and O–H groups in total. The van der Waals surface area contributed by atoms with Crippen molar-refractivity contribution in [2.45, 2.75) is 32.4 Å². The van der Waals surface area contributed by atoms with E-state index < -0.39 is 11.6 Å². The fourth-order valence-corrected chi connectivity index (χ4v) is 2.60. The summed E-state index contributed by atoms with van der Waals surface area (Å²) in [6.45, 7) is 4.59. The van der Waals surface area contributed by atoms with Crippen LogP contribution < -0.4 is 10.1 Å². The Morgan fingerprint density at radius 1 is 1.14 bits per heavy atom. The maximum absolute atomic E-state index is 13.6. The molecule has 0 bridgehead atoms. The first-order valence-electron chi connectivity index (χ1n) is 6.93. The summed E-state index contributed by atoms with van der Waals surface area (Å²) >= 11 is 0. The number of rotatable bonds is 3. The van der Waals surface area contributed by atoms with Crippen molar-refractivity contribution >= 4 is 5.69 Å². The van der Waals surface area contributed by atoms with Gasteiger partial charge in [-0.2, -0.15) is 0 Å². The van der Waals surface area contributed by atoms with Crippen molar-refractivity contribution in [3.8, 4) is 5.75 Å². The smallest absolute Gasteiger partial charge is 0.149 e. The van der Waals surface area contributed by atoms with Gasteiger partial charge in [-0.25, -0.2) is 8.78 Å². The molecular formula is C17H17F2NO. The Bertz CT molecular complexity index is 682. The average Bonchev–Trinajstić information content (AvgIpc) is 2.70. The number of fused-ring (bicyclic) bond motifs is 1. The van der Waals surface area contributed by atoms with E-state index in [-0.39, 0.29) is 5.60 Å². The summed E-state index contributed by atoms with van der Waals surface area (Å²) in [6.07, 6.45) is 0.862. The van der Waals surface area contributed by atoms with Gasteiger partial charge in [-0.3, -0.25) is 0 Å². The standard InChI is InChI=1S/C17H17F2NO/c1-17(2)9-12-7-11(3-6-16(12)21-17)10-20-15-5-4-13(18)8-14(15)19/h3-8,20H,9-10H2,1-2H3. The zero-order valence-electron chi connectivity index (χ0n) is 12.0. The zero-order chi connectivity index (χ0) is 15.0. The summed E-state index contributed by atoms with van der Waals surface area (Å²) in [5.41, 5.74) is 2.34. The number of anilines is 1. The fraction of sp³-hybridized carbons (Fsp3) is 0.294. The van der Waals surface area contributed by atoms with Crippen LogP contribution in [0, 0.1) is 11.6 Å². The third-order valence-corrected chi connectivity index (χ3v) is 3.54. The molecule has 110 valence electrons. The van der Waals surface area contributed by atoms with Gasteiger partial charge >= 0.3 is 0 Å². The first kappa shape index (κ1) is 13.9. The van der Waals surface area contributed by atoms with Crippen LogP contribution in [0.1, 0.15) is 25.0 Å². The predicted octanol–water partition coefficient (Wildman–Crippen LogP) is 4.29. The summed E-state index contributed by atoms with van der Waals surface area (Å²) in [5.74, 6) is -0.243. The van der Waals surface area contributed by atoms with Gasteiger partial charge in [0.05, 0.1) is 5.69 Å². The van der Waals surface area contributed by atoms with E-state index in [0.29, 0.717) is 12.2 Å². The molecule has 0 saturated heterocycles. The molecule has 2 aromatic carbocycles. The minimum atomic E-state index is -0.583. The lowest BCUT2D eigenvalue weighted by Crippen LogP contribution is -2.24. The van der Waals surface area contributed by atoms with Gasteiger partial charge in [-0.15, -0.1) is 0 Å². The molecule has 0 fully saturated rings. The first-order valence-corrected chi connectivity index (χ1v) is 6.93. The van der Waals surface area contributed by atoms with Crippen molar-refractivity contribution in [3.05, 3.63) is 59.2 Å². The summed E-state index contributed by atoms with van der Waals surface area (Å²) in [5, 5.41) is 2.99. The van der Waals surface area contributed by atoms with Crippen molar-refractivity contribution in [1.82, 2.24) is 0 Å². The van der Waals surface area contributed by atoms with Gasteiger partial charge in [0.2, 0.25) is 0 Å². The molecule has 0 saturated carbocycles. The van der Waals surface area contributed by atoms with Gasteiger partial charge in [0, 0.05) is 19.0 Å². The Kier molecular flexibility index (Phi) is 3.32. The number of halogens is 2. The van der Waals surface area contributed by atoms with E-state index in [1.54, 1.807) is 0 Å². The van der Waals surface area contributed by atoms with Crippen LogP contribution in [-0.2, 0) is 13.0 Å². The Labute approximate surface area is 122 Å². The second-order valence-electron chi connectivity index (χ2n) is 5.96. The zero-order valence-corrected chi connectivity index (χ0v) is 12.0. The van der Waals surface area contributed by atoms with E-state index >= 15 is 0 Å². The SMILES string of the molecule is CC1(C)Cc2cc(CNc3ccc(F)cc3F)ccc2O1. The molecule has 2 nitrogen and oxygen atoms in total. The molecule has 1 aliphatic rings. The molecule has 3 rings (SSSR count). The Hall–Kier alpha value is -2.10. The van der Waals surface area contributed by atoms with Gasteiger partial charge in [0.25, 0.3) is 0 Å². The summed E-state index contributed by atoms with van der Waals surface area (Å²) in [4.78, 5) is 0. The van der Waals surface area contributed by atoms with Crippen molar-refractivity contribution < 1.29 is 13.5 Å². The molecular weight excluding hydrogens is 272 g/mol. The van der Waals surface area contributed by atoms with Crippen molar-refractivity contribution in [2.24, 2.45) is 0 Å². The molecule has 0 spiro atoms. The van der Waals surface area contributed by atoms with Gasteiger partial charge in [-0.05, 0) is 43.2 Å². The Morgan fingerprint density at radius 3 is 2.71 bits per heavy atom. The minimum absolute atomic E-state index is 0.169. The van der Waals surface area contributed by atoms with E-state index in [1.807, 2.05) is 12.1 Å². The molecule has 0 amide bonds. The molecule has 21 heavy (non-hydrogen) atoms. The summed E-state index contributed by atoms with van der Waals surface area (Å²) < 4.78 is 32.2. The van der Waals surface area contributed by atoms with E-state index in [2.05, 4.69) is 25.2 Å². The van der Waals surface area contributed by atoms with E-state index in [0.717, 1.165) is 23.8 Å². The normalized spacial score (nSPS) is 15.4. The van der Waals surface area contributed by atoms with Crippen LogP contribution >= 0.6 is 0 Å². The molecule has 1 heterocycles. The van der Waals surface area contributed by atoms with Crippen molar-refractivity contribution in [3.63, 3.8) is 0 Å². The van der Waals surface area contributed by atoms with Gasteiger partial charge in [0.15, 0.2) is 0 Å². The van der Waals surface area contributed by atoms with Crippen LogP contribution in [0.4, 0.5) is 14.5 Å². The van der Waals surface area contributed by atoms with Gasteiger partial charge in [-0.1, -0.05) is 12.1 Å². The van der Waals surface area contributed by atoms with Crippen LogP contribution in [-0.4, -0.2) is 5.60 Å². The number of benzene rings is 2. The minimum Gasteiger partial charge on any atom is -0.487 e. The summed E-state index contributed by atoms with van der Waals surface area (Å²) in [6, 6.07) is 9.49. The predicted molar refractivity (Wildman–Crippen MR) is 78.5 cm³/mol. The topological polar surface area (TPSA) is 21.3 Å². The van der Waals surface area contributed by atoms with E-state index in [4.69, 9.17) is 4.74 Å². The molecule has 4 heteroatoms. The van der Waals surface area contributed by atoms with Gasteiger partial charge < -0.3 is 10.1 Å². The molecule has 0 radical (unpaired) electrons. The van der Waals surface area contributed by atoms with Gasteiger partial charge in [0.1, 0.15) is 23.0 Å². The van der Waals surface area contributed by atoms with Crippen LogP contribution in [0.25, 0.3) is 0 Å². The molecule has 0 unspecified atom stereocenters. The number of ether oxygens (including phenoxy) is 1.